The molecule has 2 N–H and O–H groups in total. The minimum absolute atomic E-state index is 0.0379. The molecule has 0 fully saturated rings. The van der Waals surface area contributed by atoms with E-state index in [0.29, 0.717) is 17.9 Å². The summed E-state index contributed by atoms with van der Waals surface area (Å²) >= 11 is 0. The Morgan fingerprint density at radius 1 is 1.53 bits per heavy atom. The van der Waals surface area contributed by atoms with Crippen LogP contribution in [0.1, 0.15) is 28.5 Å². The van der Waals surface area contributed by atoms with Crippen LogP contribution in [0.4, 0.5) is 0 Å². The molecule has 0 spiro atoms. The first-order valence-electron chi connectivity index (χ1n) is 4.56. The van der Waals surface area contributed by atoms with Crippen molar-refractivity contribution in [1.82, 2.24) is 15.7 Å². The average Bonchev–Trinajstić information content (AvgIpc) is 2.21. The van der Waals surface area contributed by atoms with Gasteiger partial charge in [-0.1, -0.05) is 0 Å². The van der Waals surface area contributed by atoms with Crippen molar-refractivity contribution in [2.24, 2.45) is 0 Å². The maximum absolute atomic E-state index is 11.5. The molecule has 0 aliphatic rings. The molecule has 1 aromatic rings. The number of hydrogen-bond donors (Lipinski definition) is 2. The maximum Gasteiger partial charge on any atom is 0.280 e. The third-order valence-electron chi connectivity index (χ3n) is 2.01. The first-order chi connectivity index (χ1) is 7.07. The molecular weight excluding hydrogens is 198 g/mol. The molecule has 6 nitrogen and oxygen atoms in total. The van der Waals surface area contributed by atoms with Gasteiger partial charge in [-0.05, 0) is 26.3 Å². The number of hydroxylamine groups is 1. The van der Waals surface area contributed by atoms with Gasteiger partial charge < -0.3 is 0 Å². The summed E-state index contributed by atoms with van der Waals surface area (Å²) in [5, 5.41) is 5.99. The van der Waals surface area contributed by atoms with Crippen LogP contribution in [0.15, 0.2) is 4.79 Å². The predicted octanol–water partition coefficient (Wildman–Crippen LogP) is 0.0680. The molecule has 0 unspecified atom stereocenters. The monoisotopic (exact) mass is 211 g/mol. The summed E-state index contributed by atoms with van der Waals surface area (Å²) in [7, 11) is 0. The number of carbonyl (C=O) groups is 1. The molecule has 1 aromatic heterocycles. The molecule has 0 saturated heterocycles. The van der Waals surface area contributed by atoms with Gasteiger partial charge in [0.05, 0.1) is 12.3 Å². The van der Waals surface area contributed by atoms with E-state index in [1.807, 2.05) is 0 Å². The van der Waals surface area contributed by atoms with Crippen LogP contribution < -0.4 is 11.0 Å². The Morgan fingerprint density at radius 3 is 2.80 bits per heavy atom. The number of nitrogens with zero attached hydrogens (tertiary/aromatic N) is 1. The van der Waals surface area contributed by atoms with Gasteiger partial charge in [-0.15, -0.1) is 0 Å². The van der Waals surface area contributed by atoms with Crippen molar-refractivity contribution in [1.29, 1.82) is 0 Å². The molecule has 1 rings (SSSR count). The molecule has 0 bridgehead atoms. The van der Waals surface area contributed by atoms with Crippen molar-refractivity contribution in [2.45, 2.75) is 20.8 Å². The third-order valence-corrected chi connectivity index (χ3v) is 2.01. The number of aromatic amines is 1. The highest BCUT2D eigenvalue weighted by Crippen LogP contribution is 2.04. The SMILES string of the molecule is CCONC(=O)c1c(C)c(C)n[nH]c1=O. The van der Waals surface area contributed by atoms with Gasteiger partial charge in [-0.2, -0.15) is 5.10 Å². The van der Waals surface area contributed by atoms with Crippen LogP contribution >= 0.6 is 0 Å². The molecule has 0 aliphatic heterocycles. The van der Waals surface area contributed by atoms with Crippen molar-refractivity contribution in [3.63, 3.8) is 0 Å². The van der Waals surface area contributed by atoms with E-state index in [1.54, 1.807) is 20.8 Å². The second-order valence-electron chi connectivity index (χ2n) is 3.00. The fraction of sp³-hybridized carbons (Fsp3) is 0.444. The summed E-state index contributed by atoms with van der Waals surface area (Å²) < 4.78 is 0. The van der Waals surface area contributed by atoms with Crippen LogP contribution in [0.3, 0.4) is 0 Å². The highest BCUT2D eigenvalue weighted by molar-refractivity contribution is 5.94. The Balaban J connectivity index is 3.08. The summed E-state index contributed by atoms with van der Waals surface area (Å²) in [6, 6.07) is 0. The maximum atomic E-state index is 11.5. The number of aryl methyl sites for hydroxylation is 1. The van der Waals surface area contributed by atoms with Crippen LogP contribution in [0.5, 0.6) is 0 Å². The van der Waals surface area contributed by atoms with E-state index in [2.05, 4.69) is 15.7 Å². The Labute approximate surface area is 86.6 Å². The van der Waals surface area contributed by atoms with Crippen molar-refractivity contribution < 1.29 is 9.63 Å². The minimum atomic E-state index is -0.555. The third kappa shape index (κ3) is 2.41. The first-order valence-corrected chi connectivity index (χ1v) is 4.56. The smallest absolute Gasteiger partial charge is 0.274 e. The first kappa shape index (κ1) is 11.4. The lowest BCUT2D eigenvalue weighted by atomic mass is 10.1. The van der Waals surface area contributed by atoms with Gasteiger partial charge in [-0.3, -0.25) is 14.4 Å². The summed E-state index contributed by atoms with van der Waals surface area (Å²) in [6.45, 7) is 5.45. The molecule has 0 atom stereocenters. The lowest BCUT2D eigenvalue weighted by Crippen LogP contribution is -2.31. The van der Waals surface area contributed by atoms with E-state index < -0.39 is 11.5 Å². The van der Waals surface area contributed by atoms with Gasteiger partial charge in [0.1, 0.15) is 5.56 Å². The predicted molar refractivity (Wildman–Crippen MR) is 53.4 cm³/mol. The number of amides is 1. The molecule has 0 aromatic carbocycles. The van der Waals surface area contributed by atoms with Crippen LogP contribution in [-0.4, -0.2) is 22.7 Å². The number of H-pyrrole nitrogens is 1. The topological polar surface area (TPSA) is 84.1 Å². The van der Waals surface area contributed by atoms with Gasteiger partial charge in [0.15, 0.2) is 0 Å². The summed E-state index contributed by atoms with van der Waals surface area (Å²) in [5.41, 5.74) is 2.85. The molecule has 1 amide bonds. The van der Waals surface area contributed by atoms with E-state index in [1.165, 1.54) is 0 Å². The van der Waals surface area contributed by atoms with Crippen LogP contribution in [-0.2, 0) is 4.84 Å². The lowest BCUT2D eigenvalue weighted by Gasteiger charge is -2.06. The standard InChI is InChI=1S/C9H13N3O3/c1-4-15-12-9(14)7-5(2)6(3)10-11-8(7)13/h4H2,1-3H3,(H,11,13)(H,12,14). The number of rotatable bonds is 3. The lowest BCUT2D eigenvalue weighted by molar-refractivity contribution is 0.0362. The van der Waals surface area contributed by atoms with Crippen molar-refractivity contribution >= 4 is 5.91 Å². The fourth-order valence-corrected chi connectivity index (χ4v) is 1.09. The number of nitrogens with one attached hydrogen (secondary N) is 2. The summed E-state index contributed by atoms with van der Waals surface area (Å²) in [6.07, 6.45) is 0. The Morgan fingerprint density at radius 2 is 2.20 bits per heavy atom. The van der Waals surface area contributed by atoms with Gasteiger partial charge in [-0.25, -0.2) is 10.6 Å². The molecule has 6 heteroatoms. The second-order valence-corrected chi connectivity index (χ2v) is 3.00. The normalized spacial score (nSPS) is 10.1. The zero-order valence-electron chi connectivity index (χ0n) is 8.88. The Hall–Kier alpha value is -1.69. The molecule has 82 valence electrons. The summed E-state index contributed by atoms with van der Waals surface area (Å²) in [5.74, 6) is -0.555. The van der Waals surface area contributed by atoms with Gasteiger partial charge in [0.25, 0.3) is 11.5 Å². The largest absolute Gasteiger partial charge is 0.280 e. The van der Waals surface area contributed by atoms with Gasteiger partial charge in [0, 0.05) is 0 Å². The number of aromatic nitrogens is 2. The van der Waals surface area contributed by atoms with Gasteiger partial charge >= 0.3 is 0 Å². The minimum Gasteiger partial charge on any atom is -0.274 e. The van der Waals surface area contributed by atoms with Crippen LogP contribution in [0.2, 0.25) is 0 Å². The molecule has 0 saturated carbocycles. The summed E-state index contributed by atoms with van der Waals surface area (Å²) in [4.78, 5) is 27.6. The van der Waals surface area contributed by atoms with E-state index in [0.717, 1.165) is 0 Å². The van der Waals surface area contributed by atoms with Crippen LogP contribution in [0.25, 0.3) is 0 Å². The number of hydrogen-bond acceptors (Lipinski definition) is 4. The van der Waals surface area contributed by atoms with E-state index in [4.69, 9.17) is 4.84 Å². The van der Waals surface area contributed by atoms with Crippen LogP contribution in [0, 0.1) is 13.8 Å². The van der Waals surface area contributed by atoms with E-state index in [9.17, 15) is 9.59 Å². The molecule has 1 heterocycles. The zero-order chi connectivity index (χ0) is 11.4. The molecule has 15 heavy (non-hydrogen) atoms. The second kappa shape index (κ2) is 4.70. The molecular formula is C9H13N3O3. The fourth-order valence-electron chi connectivity index (χ4n) is 1.09. The average molecular weight is 211 g/mol. The molecule has 0 aliphatic carbocycles. The van der Waals surface area contributed by atoms with E-state index >= 15 is 0 Å². The number of carbonyl (C=O) groups excluding carboxylic acids is 1. The van der Waals surface area contributed by atoms with Gasteiger partial charge in [0.2, 0.25) is 0 Å². The van der Waals surface area contributed by atoms with Crippen molar-refractivity contribution in [3.8, 4) is 0 Å². The Bertz CT molecular complexity index is 425. The van der Waals surface area contributed by atoms with Crippen molar-refractivity contribution in [3.05, 3.63) is 27.2 Å². The highest BCUT2D eigenvalue weighted by atomic mass is 16.6. The highest BCUT2D eigenvalue weighted by Gasteiger charge is 2.15. The quantitative estimate of drug-likeness (QED) is 0.693. The Kier molecular flexibility index (Phi) is 3.56. The van der Waals surface area contributed by atoms with E-state index in [-0.39, 0.29) is 5.56 Å². The van der Waals surface area contributed by atoms with Crippen molar-refractivity contribution in [2.75, 3.05) is 6.61 Å². The molecule has 0 radical (unpaired) electrons. The zero-order valence-corrected chi connectivity index (χ0v) is 8.88.